The van der Waals surface area contributed by atoms with Crippen molar-refractivity contribution in [3.05, 3.63) is 0 Å². The second kappa shape index (κ2) is 5.85. The molecule has 1 spiro atoms. The molecule has 2 aliphatic rings. The second-order valence-electron chi connectivity index (χ2n) is 4.99. The minimum absolute atomic E-state index is 0.115. The molecule has 98 valence electrons. The van der Waals surface area contributed by atoms with Crippen LogP contribution in [0.1, 0.15) is 32.6 Å². The van der Waals surface area contributed by atoms with Gasteiger partial charge < -0.3 is 9.84 Å². The van der Waals surface area contributed by atoms with Gasteiger partial charge in [-0.05, 0) is 25.0 Å². The zero-order valence-electron chi connectivity index (χ0n) is 10.2. The molecule has 0 saturated carbocycles. The minimum atomic E-state index is -0.691. The molecule has 2 saturated heterocycles. The Bertz CT molecular complexity index is 277. The van der Waals surface area contributed by atoms with E-state index in [1.165, 1.54) is 12.2 Å². The third kappa shape index (κ3) is 3.80. The average Bonchev–Trinajstić information content (AvgIpc) is 2.64. The van der Waals surface area contributed by atoms with Gasteiger partial charge in [-0.1, -0.05) is 6.92 Å². The summed E-state index contributed by atoms with van der Waals surface area (Å²) in [6, 6.07) is 0. The zero-order valence-corrected chi connectivity index (χ0v) is 11.8. The Balaban J connectivity index is 1.83. The molecule has 1 N–H and O–H groups in total. The predicted octanol–water partition coefficient (Wildman–Crippen LogP) is 2.64. The van der Waals surface area contributed by atoms with E-state index in [1.54, 1.807) is 0 Å². The number of hydrogen-bond acceptors (Lipinski definition) is 4. The predicted molar refractivity (Wildman–Crippen MR) is 73.0 cm³/mol. The van der Waals surface area contributed by atoms with E-state index in [-0.39, 0.29) is 17.3 Å². The third-order valence-corrected chi connectivity index (χ3v) is 6.04. The van der Waals surface area contributed by atoms with Crippen LogP contribution >= 0.6 is 23.5 Å². The summed E-state index contributed by atoms with van der Waals surface area (Å²) in [4.78, 5) is 10.7. The van der Waals surface area contributed by atoms with Crippen LogP contribution in [-0.4, -0.2) is 45.3 Å². The molecule has 2 rings (SSSR count). The van der Waals surface area contributed by atoms with Gasteiger partial charge in [-0.15, -0.1) is 0 Å². The van der Waals surface area contributed by atoms with Gasteiger partial charge in [0.1, 0.15) is 0 Å². The van der Waals surface area contributed by atoms with Crippen molar-refractivity contribution in [2.24, 2.45) is 0 Å². The van der Waals surface area contributed by atoms with Crippen LogP contribution < -0.4 is 0 Å². The fraction of sp³-hybridized carbons (Fsp3) is 0.917. The Morgan fingerprint density at radius 2 is 2.53 bits per heavy atom. The van der Waals surface area contributed by atoms with Crippen LogP contribution in [-0.2, 0) is 9.53 Å². The van der Waals surface area contributed by atoms with Crippen molar-refractivity contribution in [2.75, 3.05) is 18.1 Å². The molecular formula is C12H20O3S2. The van der Waals surface area contributed by atoms with Gasteiger partial charge in [0.25, 0.3) is 0 Å². The number of carboxylic acids is 1. The highest BCUT2D eigenvalue weighted by Gasteiger charge is 2.40. The topological polar surface area (TPSA) is 46.5 Å². The minimum Gasteiger partial charge on any atom is -0.481 e. The molecule has 2 aliphatic heterocycles. The number of ether oxygens (including phenoxy) is 1. The Morgan fingerprint density at radius 3 is 3.18 bits per heavy atom. The maximum atomic E-state index is 10.7. The SMILES string of the molecule is CC(CC(=O)O)SC1CCOC2(CCSC2)C1. The van der Waals surface area contributed by atoms with Crippen molar-refractivity contribution in [1.29, 1.82) is 0 Å². The van der Waals surface area contributed by atoms with Gasteiger partial charge in [0.15, 0.2) is 0 Å². The second-order valence-corrected chi connectivity index (χ2v) is 7.84. The van der Waals surface area contributed by atoms with Crippen LogP contribution in [0.4, 0.5) is 0 Å². The van der Waals surface area contributed by atoms with E-state index in [1.807, 2.05) is 30.4 Å². The van der Waals surface area contributed by atoms with Crippen molar-refractivity contribution in [3.8, 4) is 0 Å². The summed E-state index contributed by atoms with van der Waals surface area (Å²) < 4.78 is 5.97. The van der Waals surface area contributed by atoms with Crippen LogP contribution in [0.2, 0.25) is 0 Å². The van der Waals surface area contributed by atoms with Crippen LogP contribution in [0.3, 0.4) is 0 Å². The quantitative estimate of drug-likeness (QED) is 0.855. The van der Waals surface area contributed by atoms with Crippen molar-refractivity contribution < 1.29 is 14.6 Å². The van der Waals surface area contributed by atoms with Gasteiger partial charge in [-0.3, -0.25) is 4.79 Å². The maximum Gasteiger partial charge on any atom is 0.304 e. The number of aliphatic carboxylic acids is 1. The van der Waals surface area contributed by atoms with E-state index in [4.69, 9.17) is 9.84 Å². The fourth-order valence-electron chi connectivity index (χ4n) is 2.58. The molecule has 0 bridgehead atoms. The van der Waals surface area contributed by atoms with E-state index >= 15 is 0 Å². The van der Waals surface area contributed by atoms with Crippen molar-refractivity contribution in [1.82, 2.24) is 0 Å². The Hall–Kier alpha value is 0.130. The number of carbonyl (C=O) groups is 1. The lowest BCUT2D eigenvalue weighted by atomic mass is 9.93. The molecule has 5 heteroatoms. The van der Waals surface area contributed by atoms with Crippen molar-refractivity contribution in [2.45, 2.75) is 48.7 Å². The van der Waals surface area contributed by atoms with Gasteiger partial charge in [-0.2, -0.15) is 23.5 Å². The van der Waals surface area contributed by atoms with Crippen LogP contribution in [0, 0.1) is 0 Å². The third-order valence-electron chi connectivity index (χ3n) is 3.40. The van der Waals surface area contributed by atoms with Crippen molar-refractivity contribution in [3.63, 3.8) is 0 Å². The molecule has 2 heterocycles. The van der Waals surface area contributed by atoms with E-state index in [2.05, 4.69) is 0 Å². The van der Waals surface area contributed by atoms with Gasteiger partial charge >= 0.3 is 5.97 Å². The molecular weight excluding hydrogens is 256 g/mol. The molecule has 0 aromatic rings. The van der Waals surface area contributed by atoms with E-state index < -0.39 is 5.97 Å². The molecule has 0 amide bonds. The van der Waals surface area contributed by atoms with Gasteiger partial charge in [0.2, 0.25) is 0 Å². The first-order valence-electron chi connectivity index (χ1n) is 6.19. The molecule has 17 heavy (non-hydrogen) atoms. The lowest BCUT2D eigenvalue weighted by molar-refractivity contribution is -0.136. The zero-order chi connectivity index (χ0) is 12.3. The first kappa shape index (κ1) is 13.6. The summed E-state index contributed by atoms with van der Waals surface area (Å²) in [5.74, 6) is 1.64. The normalized spacial score (nSPS) is 35.0. The number of carboxylic acid groups (broad SMARTS) is 1. The van der Waals surface area contributed by atoms with Gasteiger partial charge in [0, 0.05) is 22.9 Å². The first-order valence-corrected chi connectivity index (χ1v) is 8.28. The fourth-order valence-corrected chi connectivity index (χ4v) is 5.49. The molecule has 3 atom stereocenters. The molecule has 3 unspecified atom stereocenters. The lowest BCUT2D eigenvalue weighted by Crippen LogP contribution is -2.41. The Kier molecular flexibility index (Phi) is 4.66. The smallest absolute Gasteiger partial charge is 0.304 e. The average molecular weight is 276 g/mol. The number of hydrogen-bond donors (Lipinski definition) is 1. The number of rotatable bonds is 4. The molecule has 0 aliphatic carbocycles. The molecule has 0 aromatic carbocycles. The van der Waals surface area contributed by atoms with Crippen molar-refractivity contribution >= 4 is 29.5 Å². The largest absolute Gasteiger partial charge is 0.481 e. The summed E-state index contributed by atoms with van der Waals surface area (Å²) in [5, 5.41) is 9.57. The van der Waals surface area contributed by atoms with Gasteiger partial charge in [-0.25, -0.2) is 0 Å². The maximum absolute atomic E-state index is 10.7. The highest BCUT2D eigenvalue weighted by molar-refractivity contribution is 8.00. The summed E-state index contributed by atoms with van der Waals surface area (Å²) in [7, 11) is 0. The molecule has 0 aromatic heterocycles. The molecule has 2 fully saturated rings. The highest BCUT2D eigenvalue weighted by atomic mass is 32.2. The molecule has 3 nitrogen and oxygen atoms in total. The molecule has 0 radical (unpaired) electrons. The first-order chi connectivity index (χ1) is 8.10. The summed E-state index contributed by atoms with van der Waals surface area (Å²) in [6.07, 6.45) is 3.61. The summed E-state index contributed by atoms with van der Waals surface area (Å²) in [6.45, 7) is 2.86. The Labute approximate surface area is 111 Å². The van der Waals surface area contributed by atoms with E-state index in [0.717, 1.165) is 25.2 Å². The highest BCUT2D eigenvalue weighted by Crippen LogP contribution is 2.42. The van der Waals surface area contributed by atoms with Crippen LogP contribution in [0.5, 0.6) is 0 Å². The van der Waals surface area contributed by atoms with E-state index in [9.17, 15) is 4.79 Å². The van der Waals surface area contributed by atoms with Crippen LogP contribution in [0.15, 0.2) is 0 Å². The van der Waals surface area contributed by atoms with Gasteiger partial charge in [0.05, 0.1) is 12.0 Å². The standard InChI is InChI=1S/C12H20O3S2/c1-9(6-11(13)14)17-10-2-4-15-12(7-10)3-5-16-8-12/h9-10H,2-8H2,1H3,(H,13,14). The summed E-state index contributed by atoms with van der Waals surface area (Å²) in [5.41, 5.74) is 0.115. The van der Waals surface area contributed by atoms with Crippen LogP contribution in [0.25, 0.3) is 0 Å². The Morgan fingerprint density at radius 1 is 1.71 bits per heavy atom. The van der Waals surface area contributed by atoms with E-state index in [0.29, 0.717) is 5.25 Å². The monoisotopic (exact) mass is 276 g/mol. The summed E-state index contributed by atoms with van der Waals surface area (Å²) >= 11 is 3.82. The lowest BCUT2D eigenvalue weighted by Gasteiger charge is -2.38. The number of thioether (sulfide) groups is 2.